The zero-order valence-corrected chi connectivity index (χ0v) is 15.8. The second-order valence-corrected chi connectivity index (χ2v) is 7.99. The van der Waals surface area contributed by atoms with Crippen molar-refractivity contribution in [2.24, 2.45) is 7.05 Å². The molecule has 1 aromatic heterocycles. The van der Waals surface area contributed by atoms with Crippen LogP contribution in [-0.2, 0) is 11.8 Å². The molecule has 3 heterocycles. The molecule has 0 unspecified atom stereocenters. The number of imide groups is 1. The van der Waals surface area contributed by atoms with Crippen molar-refractivity contribution in [2.75, 3.05) is 18.8 Å². The van der Waals surface area contributed by atoms with Crippen molar-refractivity contribution in [2.45, 2.75) is 12.5 Å². The van der Waals surface area contributed by atoms with Gasteiger partial charge in [-0.2, -0.15) is 5.10 Å². The lowest BCUT2D eigenvalue weighted by atomic mass is 10.2. The van der Waals surface area contributed by atoms with Gasteiger partial charge < -0.3 is 4.90 Å². The second kappa shape index (κ2) is 6.14. The molecule has 2 fully saturated rings. The van der Waals surface area contributed by atoms with Gasteiger partial charge in [0.2, 0.25) is 5.91 Å². The first kappa shape index (κ1) is 16.6. The van der Waals surface area contributed by atoms with E-state index in [0.717, 1.165) is 27.1 Å². The molecule has 2 aliphatic rings. The molecule has 2 aromatic rings. The number of benzene rings is 1. The average Bonchev–Trinajstić information content (AvgIpc) is 3.24. The van der Waals surface area contributed by atoms with E-state index in [1.165, 1.54) is 4.90 Å². The Morgan fingerprint density at radius 3 is 2.88 bits per heavy atom. The maximum Gasteiger partial charge on any atom is 0.289 e. The zero-order valence-electron chi connectivity index (χ0n) is 13.4. The first-order valence-electron chi connectivity index (χ1n) is 7.86. The van der Waals surface area contributed by atoms with Gasteiger partial charge in [-0.3, -0.25) is 24.0 Å². The summed E-state index contributed by atoms with van der Waals surface area (Å²) in [7, 11) is 1.75. The van der Waals surface area contributed by atoms with Crippen LogP contribution in [0.1, 0.15) is 16.9 Å². The highest BCUT2D eigenvalue weighted by Crippen LogP contribution is 2.28. The minimum Gasteiger partial charge on any atom is -0.335 e. The van der Waals surface area contributed by atoms with Gasteiger partial charge in [0.25, 0.3) is 11.1 Å². The molecule has 0 N–H and O–H groups in total. The molecule has 1 atom stereocenters. The van der Waals surface area contributed by atoms with E-state index in [9.17, 15) is 14.4 Å². The normalized spacial score (nSPS) is 21.0. The Hall–Kier alpha value is -1.87. The number of amides is 3. The molecule has 2 aliphatic heterocycles. The van der Waals surface area contributed by atoms with Gasteiger partial charge in [0.15, 0.2) is 0 Å². The van der Waals surface area contributed by atoms with Crippen LogP contribution in [0.4, 0.5) is 4.79 Å². The number of aryl methyl sites for hydroxylation is 1. The number of rotatable bonds is 2. The third kappa shape index (κ3) is 2.75. The minimum atomic E-state index is -0.229. The summed E-state index contributed by atoms with van der Waals surface area (Å²) in [4.78, 5) is 39.8. The quantitative estimate of drug-likeness (QED) is 0.741. The van der Waals surface area contributed by atoms with Crippen LogP contribution in [0.2, 0.25) is 0 Å². The van der Waals surface area contributed by atoms with E-state index in [1.807, 2.05) is 18.2 Å². The van der Waals surface area contributed by atoms with E-state index < -0.39 is 0 Å². The number of halogens is 1. The van der Waals surface area contributed by atoms with Gasteiger partial charge in [-0.25, -0.2) is 0 Å². The van der Waals surface area contributed by atoms with Gasteiger partial charge in [0, 0.05) is 30.0 Å². The van der Waals surface area contributed by atoms with E-state index in [-0.39, 0.29) is 28.8 Å². The number of likely N-dealkylation sites (tertiary alicyclic amines) is 1. The molecule has 0 spiro atoms. The number of carbonyl (C=O) groups is 3. The Labute approximate surface area is 156 Å². The van der Waals surface area contributed by atoms with Crippen molar-refractivity contribution >= 4 is 55.6 Å². The van der Waals surface area contributed by atoms with Gasteiger partial charge in [-0.15, -0.1) is 0 Å². The van der Waals surface area contributed by atoms with Crippen molar-refractivity contribution in [1.82, 2.24) is 19.6 Å². The average molecular weight is 423 g/mol. The van der Waals surface area contributed by atoms with Crippen LogP contribution in [0.15, 0.2) is 22.7 Å². The summed E-state index contributed by atoms with van der Waals surface area (Å²) in [6.07, 6.45) is 0.616. The molecule has 0 radical (unpaired) electrons. The van der Waals surface area contributed by atoms with Crippen LogP contribution in [0.25, 0.3) is 10.9 Å². The van der Waals surface area contributed by atoms with Gasteiger partial charge >= 0.3 is 0 Å². The molecule has 9 heteroatoms. The molecule has 7 nitrogen and oxygen atoms in total. The molecular weight excluding hydrogens is 408 g/mol. The molecule has 2 saturated heterocycles. The first-order chi connectivity index (χ1) is 12.0. The van der Waals surface area contributed by atoms with Crippen LogP contribution in [0, 0.1) is 0 Å². The smallest absolute Gasteiger partial charge is 0.289 e. The Morgan fingerprint density at radius 2 is 2.16 bits per heavy atom. The lowest BCUT2D eigenvalue weighted by Crippen LogP contribution is -2.41. The first-order valence-corrected chi connectivity index (χ1v) is 9.64. The zero-order chi connectivity index (χ0) is 17.7. The fraction of sp³-hybridized carbons (Fsp3) is 0.375. The minimum absolute atomic E-state index is 0.124. The van der Waals surface area contributed by atoms with Gasteiger partial charge in [0.1, 0.15) is 5.69 Å². The largest absolute Gasteiger partial charge is 0.335 e. The number of fused-ring (bicyclic) bond motifs is 1. The SMILES string of the molecule is Cn1nc2cc(Br)ccc2c1C(=O)N1CC[C@H](N2C(=O)CSC2=O)C1. The third-order valence-corrected chi connectivity index (χ3v) is 5.93. The maximum absolute atomic E-state index is 13.0. The molecule has 0 saturated carbocycles. The van der Waals surface area contributed by atoms with E-state index in [0.29, 0.717) is 25.2 Å². The topological polar surface area (TPSA) is 75.5 Å². The molecular formula is C16H15BrN4O3S. The molecule has 0 bridgehead atoms. The Kier molecular flexibility index (Phi) is 4.07. The fourth-order valence-electron chi connectivity index (χ4n) is 3.43. The number of aromatic nitrogens is 2. The van der Waals surface area contributed by atoms with Crippen LogP contribution in [0.3, 0.4) is 0 Å². The highest BCUT2D eigenvalue weighted by atomic mass is 79.9. The van der Waals surface area contributed by atoms with Crippen molar-refractivity contribution in [1.29, 1.82) is 0 Å². The molecule has 25 heavy (non-hydrogen) atoms. The van der Waals surface area contributed by atoms with Crippen molar-refractivity contribution < 1.29 is 14.4 Å². The summed E-state index contributed by atoms with van der Waals surface area (Å²) < 4.78 is 2.50. The lowest BCUT2D eigenvalue weighted by Gasteiger charge is -2.22. The maximum atomic E-state index is 13.0. The third-order valence-electron chi connectivity index (χ3n) is 4.60. The number of thioether (sulfide) groups is 1. The Bertz CT molecular complexity index is 896. The highest BCUT2D eigenvalue weighted by molar-refractivity contribution is 9.10. The number of hydrogen-bond donors (Lipinski definition) is 0. The molecule has 3 amide bonds. The summed E-state index contributed by atoms with van der Waals surface area (Å²) in [6, 6.07) is 5.40. The van der Waals surface area contributed by atoms with Gasteiger partial charge in [-0.05, 0) is 24.6 Å². The molecule has 0 aliphatic carbocycles. The fourth-order valence-corrected chi connectivity index (χ4v) is 4.56. The van der Waals surface area contributed by atoms with E-state index >= 15 is 0 Å². The predicted octanol–water partition coefficient (Wildman–Crippen LogP) is 2.25. The Balaban J connectivity index is 1.59. The number of carbonyl (C=O) groups excluding carboxylic acids is 3. The second-order valence-electron chi connectivity index (χ2n) is 6.15. The van der Waals surface area contributed by atoms with Crippen LogP contribution in [0.5, 0.6) is 0 Å². The van der Waals surface area contributed by atoms with E-state index in [4.69, 9.17) is 0 Å². The van der Waals surface area contributed by atoms with Crippen molar-refractivity contribution in [3.63, 3.8) is 0 Å². The van der Waals surface area contributed by atoms with Crippen molar-refractivity contribution in [3.8, 4) is 0 Å². The standard InChI is InChI=1S/C16H15BrN4O3S/c1-19-14(11-3-2-9(17)6-12(11)18-19)15(23)20-5-4-10(7-20)21-13(22)8-25-16(21)24/h2-3,6,10H,4-5,7-8H2,1H3/t10-/m0/s1. The highest BCUT2D eigenvalue weighted by Gasteiger charge is 2.40. The summed E-state index contributed by atoms with van der Waals surface area (Å²) >= 11 is 4.44. The molecule has 130 valence electrons. The van der Waals surface area contributed by atoms with Crippen molar-refractivity contribution in [3.05, 3.63) is 28.4 Å². The number of hydrogen-bond acceptors (Lipinski definition) is 5. The summed E-state index contributed by atoms with van der Waals surface area (Å²) in [6.45, 7) is 0.897. The monoisotopic (exact) mass is 422 g/mol. The van der Waals surface area contributed by atoms with E-state index in [2.05, 4.69) is 21.0 Å². The Morgan fingerprint density at radius 1 is 1.36 bits per heavy atom. The summed E-state index contributed by atoms with van der Waals surface area (Å²) in [5, 5.41) is 4.99. The summed E-state index contributed by atoms with van der Waals surface area (Å²) in [5.41, 5.74) is 1.27. The summed E-state index contributed by atoms with van der Waals surface area (Å²) in [5.74, 6) is -0.0865. The van der Waals surface area contributed by atoms with Gasteiger partial charge in [-0.1, -0.05) is 27.7 Å². The van der Waals surface area contributed by atoms with Crippen LogP contribution < -0.4 is 0 Å². The van der Waals surface area contributed by atoms with Gasteiger partial charge in [0.05, 0.1) is 17.3 Å². The molecule has 4 rings (SSSR count). The molecule has 1 aromatic carbocycles. The van der Waals surface area contributed by atoms with E-state index in [1.54, 1.807) is 16.6 Å². The lowest BCUT2D eigenvalue weighted by molar-refractivity contribution is -0.126. The predicted molar refractivity (Wildman–Crippen MR) is 97.4 cm³/mol. The number of nitrogens with zero attached hydrogens (tertiary/aromatic N) is 4. The van der Waals surface area contributed by atoms with Crippen LogP contribution in [-0.4, -0.2) is 61.5 Å². The van der Waals surface area contributed by atoms with Crippen LogP contribution >= 0.6 is 27.7 Å².